The molecule has 3 rings (SSSR count). The molecule has 1 amide bonds. The number of methoxy groups -OCH3 is 1. The highest BCUT2D eigenvalue weighted by molar-refractivity contribution is 7.13. The maximum Gasteiger partial charge on any atom is 0.273 e. The van der Waals surface area contributed by atoms with Crippen molar-refractivity contribution in [1.29, 1.82) is 0 Å². The second kappa shape index (κ2) is 8.41. The van der Waals surface area contributed by atoms with Crippen LogP contribution in [-0.4, -0.2) is 67.1 Å². The first-order chi connectivity index (χ1) is 11.8. The van der Waals surface area contributed by atoms with Crippen LogP contribution in [0.5, 0.6) is 0 Å². The van der Waals surface area contributed by atoms with Crippen molar-refractivity contribution in [2.45, 2.75) is 12.8 Å². The van der Waals surface area contributed by atoms with Crippen molar-refractivity contribution in [2.24, 2.45) is 0 Å². The predicted octanol–water partition coefficient (Wildman–Crippen LogP) is 2.59. The molecule has 0 aromatic carbocycles. The molecular formula is C17H23N3O3S. The van der Waals surface area contributed by atoms with Gasteiger partial charge in [-0.2, -0.15) is 0 Å². The highest BCUT2D eigenvalue weighted by Crippen LogP contribution is 2.24. The Morgan fingerprint density at radius 3 is 3.08 bits per heavy atom. The summed E-state index contributed by atoms with van der Waals surface area (Å²) in [5.41, 5.74) is 1.45. The monoisotopic (exact) mass is 349 g/mol. The van der Waals surface area contributed by atoms with E-state index in [2.05, 4.69) is 9.88 Å². The van der Waals surface area contributed by atoms with E-state index >= 15 is 0 Å². The van der Waals surface area contributed by atoms with E-state index in [0.29, 0.717) is 5.69 Å². The highest BCUT2D eigenvalue weighted by Gasteiger charge is 2.22. The molecule has 0 N–H and O–H groups in total. The quantitative estimate of drug-likeness (QED) is 0.750. The summed E-state index contributed by atoms with van der Waals surface area (Å²) < 4.78 is 10.2. The first kappa shape index (κ1) is 17.1. The van der Waals surface area contributed by atoms with E-state index in [4.69, 9.17) is 9.15 Å². The zero-order chi connectivity index (χ0) is 16.8. The molecule has 7 heteroatoms. The van der Waals surface area contributed by atoms with Crippen molar-refractivity contribution in [3.8, 4) is 10.6 Å². The fraction of sp³-hybridized carbons (Fsp3) is 0.529. The molecule has 2 aromatic rings. The highest BCUT2D eigenvalue weighted by atomic mass is 32.1. The minimum Gasteiger partial charge on any atom is -0.472 e. The molecule has 1 aliphatic rings. The molecule has 0 saturated carbocycles. The summed E-state index contributed by atoms with van der Waals surface area (Å²) in [6.07, 6.45) is 5.30. The molecule has 1 aliphatic heterocycles. The summed E-state index contributed by atoms with van der Waals surface area (Å²) in [4.78, 5) is 21.5. The van der Waals surface area contributed by atoms with Crippen molar-refractivity contribution in [2.75, 3.05) is 46.4 Å². The Bertz CT molecular complexity index is 641. The smallest absolute Gasteiger partial charge is 0.273 e. The maximum atomic E-state index is 12.7. The molecule has 0 bridgehead atoms. The SMILES string of the molecule is COCCCN1CCCN(C(=O)c2csc(-c3ccoc3)n2)CC1. The van der Waals surface area contributed by atoms with E-state index in [0.717, 1.165) is 62.7 Å². The first-order valence-electron chi connectivity index (χ1n) is 8.26. The van der Waals surface area contributed by atoms with Crippen LogP contribution in [0.4, 0.5) is 0 Å². The second-order valence-electron chi connectivity index (χ2n) is 5.88. The number of aromatic nitrogens is 1. The lowest BCUT2D eigenvalue weighted by molar-refractivity contribution is 0.0755. The largest absolute Gasteiger partial charge is 0.472 e. The third-order valence-electron chi connectivity index (χ3n) is 4.19. The molecule has 2 aromatic heterocycles. The third-order valence-corrected chi connectivity index (χ3v) is 5.08. The van der Waals surface area contributed by atoms with E-state index in [1.807, 2.05) is 16.3 Å². The zero-order valence-corrected chi connectivity index (χ0v) is 14.8. The van der Waals surface area contributed by atoms with Gasteiger partial charge >= 0.3 is 0 Å². The van der Waals surface area contributed by atoms with Gasteiger partial charge in [-0.3, -0.25) is 4.79 Å². The number of ether oxygens (including phenoxy) is 1. The number of rotatable bonds is 6. The number of carbonyl (C=O) groups excluding carboxylic acids is 1. The Kier molecular flexibility index (Phi) is 6.01. The van der Waals surface area contributed by atoms with Gasteiger partial charge in [-0.1, -0.05) is 0 Å². The van der Waals surface area contributed by atoms with Crippen LogP contribution < -0.4 is 0 Å². The van der Waals surface area contributed by atoms with Crippen LogP contribution in [0, 0.1) is 0 Å². The molecule has 0 unspecified atom stereocenters. The van der Waals surface area contributed by atoms with Crippen LogP contribution in [0.25, 0.3) is 10.6 Å². The number of amides is 1. The topological polar surface area (TPSA) is 58.8 Å². The number of nitrogens with zero attached hydrogens (tertiary/aromatic N) is 3. The minimum absolute atomic E-state index is 0.0275. The number of thiazole rings is 1. The predicted molar refractivity (Wildman–Crippen MR) is 93.3 cm³/mol. The van der Waals surface area contributed by atoms with Gasteiger partial charge in [-0.25, -0.2) is 4.98 Å². The molecule has 0 atom stereocenters. The van der Waals surface area contributed by atoms with Crippen LogP contribution in [0.1, 0.15) is 23.3 Å². The second-order valence-corrected chi connectivity index (χ2v) is 6.74. The number of hydrogen-bond donors (Lipinski definition) is 0. The molecule has 24 heavy (non-hydrogen) atoms. The van der Waals surface area contributed by atoms with Gasteiger partial charge in [0.25, 0.3) is 5.91 Å². The molecule has 3 heterocycles. The Labute approximate surface area is 146 Å². The van der Waals surface area contributed by atoms with Gasteiger partial charge in [-0.15, -0.1) is 11.3 Å². The lowest BCUT2D eigenvalue weighted by Crippen LogP contribution is -2.35. The summed E-state index contributed by atoms with van der Waals surface area (Å²) in [7, 11) is 1.73. The van der Waals surface area contributed by atoms with Gasteiger partial charge in [0.05, 0.1) is 6.26 Å². The molecule has 0 spiro atoms. The van der Waals surface area contributed by atoms with Gasteiger partial charge in [0.1, 0.15) is 17.0 Å². The van der Waals surface area contributed by atoms with Crippen molar-refractivity contribution >= 4 is 17.2 Å². The molecule has 1 saturated heterocycles. The molecule has 6 nitrogen and oxygen atoms in total. The van der Waals surface area contributed by atoms with E-state index in [1.54, 1.807) is 19.6 Å². The van der Waals surface area contributed by atoms with Crippen LogP contribution in [-0.2, 0) is 4.74 Å². The molecule has 1 fully saturated rings. The molecule has 0 aliphatic carbocycles. The van der Waals surface area contributed by atoms with Gasteiger partial charge in [0.15, 0.2) is 0 Å². The van der Waals surface area contributed by atoms with Gasteiger partial charge < -0.3 is 19.0 Å². The standard InChI is InChI=1S/C17H23N3O3S/c1-22-10-3-6-19-5-2-7-20(9-8-19)17(21)15-13-24-16(18-15)14-4-11-23-12-14/h4,11-13H,2-3,5-10H2,1H3. The van der Waals surface area contributed by atoms with E-state index < -0.39 is 0 Å². The Balaban J connectivity index is 1.57. The normalized spacial score (nSPS) is 16.3. The van der Waals surface area contributed by atoms with Crippen LogP contribution in [0.2, 0.25) is 0 Å². The van der Waals surface area contributed by atoms with Crippen LogP contribution in [0.3, 0.4) is 0 Å². The molecule has 130 valence electrons. The average Bonchev–Trinajstić information content (AvgIpc) is 3.23. The van der Waals surface area contributed by atoms with Crippen LogP contribution >= 0.6 is 11.3 Å². The van der Waals surface area contributed by atoms with Gasteiger partial charge in [-0.05, 0) is 25.5 Å². The lowest BCUT2D eigenvalue weighted by Gasteiger charge is -2.21. The number of hydrogen-bond acceptors (Lipinski definition) is 6. The Morgan fingerprint density at radius 1 is 1.38 bits per heavy atom. The minimum atomic E-state index is 0.0275. The zero-order valence-electron chi connectivity index (χ0n) is 13.9. The fourth-order valence-electron chi connectivity index (χ4n) is 2.88. The van der Waals surface area contributed by atoms with Gasteiger partial charge in [0, 0.05) is 50.8 Å². The van der Waals surface area contributed by atoms with E-state index in [9.17, 15) is 4.79 Å². The summed E-state index contributed by atoms with van der Waals surface area (Å²) >= 11 is 1.48. The average molecular weight is 349 g/mol. The summed E-state index contributed by atoms with van der Waals surface area (Å²) in [6, 6.07) is 1.86. The van der Waals surface area contributed by atoms with Crippen molar-refractivity contribution in [1.82, 2.24) is 14.8 Å². The molecule has 0 radical (unpaired) electrons. The summed E-state index contributed by atoms with van der Waals surface area (Å²) in [5, 5.41) is 2.66. The number of carbonyl (C=O) groups is 1. The Hall–Kier alpha value is -1.70. The van der Waals surface area contributed by atoms with E-state index in [1.165, 1.54) is 11.3 Å². The number of furan rings is 1. The Morgan fingerprint density at radius 2 is 2.29 bits per heavy atom. The first-order valence-corrected chi connectivity index (χ1v) is 9.14. The van der Waals surface area contributed by atoms with Crippen molar-refractivity contribution in [3.05, 3.63) is 29.7 Å². The lowest BCUT2D eigenvalue weighted by atomic mass is 10.3. The fourth-order valence-corrected chi connectivity index (χ4v) is 3.66. The summed E-state index contributed by atoms with van der Waals surface area (Å²) in [5.74, 6) is 0.0275. The third kappa shape index (κ3) is 4.23. The van der Waals surface area contributed by atoms with Crippen molar-refractivity contribution < 1.29 is 13.9 Å². The van der Waals surface area contributed by atoms with Crippen molar-refractivity contribution in [3.63, 3.8) is 0 Å². The molecular weight excluding hydrogens is 326 g/mol. The maximum absolute atomic E-state index is 12.7. The van der Waals surface area contributed by atoms with Gasteiger partial charge in [0.2, 0.25) is 0 Å². The van der Waals surface area contributed by atoms with Crippen LogP contribution in [0.15, 0.2) is 28.4 Å². The van der Waals surface area contributed by atoms with E-state index in [-0.39, 0.29) is 5.91 Å². The summed E-state index contributed by atoms with van der Waals surface area (Å²) in [6.45, 7) is 5.30.